The van der Waals surface area contributed by atoms with Crippen LogP contribution in [-0.4, -0.2) is 16.2 Å². The van der Waals surface area contributed by atoms with Gasteiger partial charge in [-0.3, -0.25) is 4.79 Å². The van der Waals surface area contributed by atoms with Gasteiger partial charge in [0.2, 0.25) is 0 Å². The van der Waals surface area contributed by atoms with Gasteiger partial charge in [0.15, 0.2) is 5.76 Å². The Morgan fingerprint density at radius 3 is 2.71 bits per heavy atom. The second-order valence-electron chi connectivity index (χ2n) is 3.66. The Morgan fingerprint density at radius 1 is 1.41 bits per heavy atom. The summed E-state index contributed by atoms with van der Waals surface area (Å²) in [5, 5.41) is 15.5. The van der Waals surface area contributed by atoms with Crippen molar-refractivity contribution in [2.24, 2.45) is 0 Å². The summed E-state index contributed by atoms with van der Waals surface area (Å²) >= 11 is 0. The maximum absolute atomic E-state index is 11.7. The van der Waals surface area contributed by atoms with E-state index in [0.29, 0.717) is 17.9 Å². The van der Waals surface area contributed by atoms with Crippen molar-refractivity contribution in [2.75, 3.05) is 0 Å². The van der Waals surface area contributed by atoms with Crippen molar-refractivity contribution >= 4 is 5.91 Å². The fraction of sp³-hybridized carbons (Fsp3) is 0.167. The van der Waals surface area contributed by atoms with E-state index < -0.39 is 0 Å². The summed E-state index contributed by atoms with van der Waals surface area (Å²) in [6, 6.07) is 7.80. The van der Waals surface area contributed by atoms with Gasteiger partial charge in [-0.2, -0.15) is 0 Å². The van der Waals surface area contributed by atoms with Crippen LogP contribution < -0.4 is 5.32 Å². The number of hydrogen-bond donors (Lipinski definition) is 2. The largest absolute Gasteiger partial charge is 0.508 e. The molecule has 2 rings (SSSR count). The van der Waals surface area contributed by atoms with Gasteiger partial charge in [-0.25, -0.2) is 0 Å². The molecule has 0 unspecified atom stereocenters. The molecule has 0 saturated heterocycles. The topological polar surface area (TPSA) is 75.4 Å². The average molecular weight is 232 g/mol. The molecular weight excluding hydrogens is 220 g/mol. The molecule has 0 atom stereocenters. The first-order valence-electron chi connectivity index (χ1n) is 5.14. The fourth-order valence-corrected chi connectivity index (χ4v) is 1.38. The van der Waals surface area contributed by atoms with Crippen LogP contribution in [0.4, 0.5) is 0 Å². The van der Waals surface area contributed by atoms with Gasteiger partial charge in [0, 0.05) is 11.6 Å². The summed E-state index contributed by atoms with van der Waals surface area (Å²) in [6.07, 6.45) is 0. The van der Waals surface area contributed by atoms with E-state index in [4.69, 9.17) is 9.63 Å². The zero-order chi connectivity index (χ0) is 12.3. The highest BCUT2D eigenvalue weighted by Crippen LogP contribution is 2.09. The molecule has 0 aliphatic heterocycles. The van der Waals surface area contributed by atoms with Crippen molar-refractivity contribution in [1.29, 1.82) is 0 Å². The van der Waals surface area contributed by atoms with Gasteiger partial charge in [0.05, 0.1) is 12.2 Å². The quantitative estimate of drug-likeness (QED) is 0.843. The smallest absolute Gasteiger partial charge is 0.251 e. The molecule has 0 aliphatic carbocycles. The lowest BCUT2D eigenvalue weighted by Gasteiger charge is -2.02. The van der Waals surface area contributed by atoms with Crippen molar-refractivity contribution in [3.8, 4) is 5.75 Å². The van der Waals surface area contributed by atoms with Crippen LogP contribution in [0.2, 0.25) is 0 Å². The SMILES string of the molecule is Cc1cc(CNC(=O)c2ccc(O)cc2)on1. The number of aromatic nitrogens is 1. The molecule has 2 N–H and O–H groups in total. The number of aromatic hydroxyl groups is 1. The number of hydrogen-bond acceptors (Lipinski definition) is 4. The summed E-state index contributed by atoms with van der Waals surface area (Å²) in [5.41, 5.74) is 1.26. The zero-order valence-electron chi connectivity index (χ0n) is 9.30. The Kier molecular flexibility index (Phi) is 3.09. The number of rotatable bonds is 3. The number of nitrogens with one attached hydrogen (secondary N) is 1. The fourth-order valence-electron chi connectivity index (χ4n) is 1.38. The molecule has 5 nitrogen and oxygen atoms in total. The molecule has 1 aromatic carbocycles. The molecule has 1 aromatic heterocycles. The third kappa shape index (κ3) is 2.84. The Morgan fingerprint density at radius 2 is 2.12 bits per heavy atom. The van der Waals surface area contributed by atoms with Gasteiger partial charge in [0.1, 0.15) is 5.75 Å². The Labute approximate surface area is 98.1 Å². The number of carbonyl (C=O) groups excluding carboxylic acids is 1. The van der Waals surface area contributed by atoms with E-state index in [-0.39, 0.29) is 11.7 Å². The summed E-state index contributed by atoms with van der Waals surface area (Å²) < 4.78 is 4.96. The zero-order valence-corrected chi connectivity index (χ0v) is 9.30. The van der Waals surface area contributed by atoms with Gasteiger partial charge in [-0.05, 0) is 31.2 Å². The van der Waals surface area contributed by atoms with E-state index in [9.17, 15) is 4.79 Å². The van der Waals surface area contributed by atoms with Gasteiger partial charge < -0.3 is 14.9 Å². The minimum Gasteiger partial charge on any atom is -0.508 e. The highest BCUT2D eigenvalue weighted by Gasteiger charge is 2.06. The molecule has 0 spiro atoms. The lowest BCUT2D eigenvalue weighted by molar-refractivity contribution is 0.0947. The number of phenolic OH excluding ortho intramolecular Hbond substituents is 1. The van der Waals surface area contributed by atoms with Crippen molar-refractivity contribution in [3.05, 3.63) is 47.3 Å². The van der Waals surface area contributed by atoms with E-state index in [2.05, 4.69) is 10.5 Å². The third-order valence-corrected chi connectivity index (χ3v) is 2.23. The monoisotopic (exact) mass is 232 g/mol. The van der Waals surface area contributed by atoms with Gasteiger partial charge in [-0.15, -0.1) is 0 Å². The first-order valence-corrected chi connectivity index (χ1v) is 5.14. The molecule has 5 heteroatoms. The van der Waals surface area contributed by atoms with Crippen molar-refractivity contribution in [2.45, 2.75) is 13.5 Å². The predicted molar refractivity (Wildman–Crippen MR) is 60.5 cm³/mol. The van der Waals surface area contributed by atoms with Crippen LogP contribution in [0, 0.1) is 6.92 Å². The number of carbonyl (C=O) groups is 1. The van der Waals surface area contributed by atoms with Crippen LogP contribution in [0.3, 0.4) is 0 Å². The Balaban J connectivity index is 1.95. The van der Waals surface area contributed by atoms with Crippen molar-refractivity contribution in [1.82, 2.24) is 10.5 Å². The third-order valence-electron chi connectivity index (χ3n) is 2.23. The van der Waals surface area contributed by atoms with Crippen LogP contribution in [0.5, 0.6) is 5.75 Å². The summed E-state index contributed by atoms with van der Waals surface area (Å²) in [5.74, 6) is 0.515. The predicted octanol–water partition coefficient (Wildman–Crippen LogP) is 1.62. The van der Waals surface area contributed by atoms with Crippen molar-refractivity contribution in [3.63, 3.8) is 0 Å². The second kappa shape index (κ2) is 4.69. The molecule has 88 valence electrons. The van der Waals surface area contributed by atoms with Crippen molar-refractivity contribution < 1.29 is 14.4 Å². The van der Waals surface area contributed by atoms with E-state index in [1.807, 2.05) is 6.92 Å². The lowest BCUT2D eigenvalue weighted by atomic mass is 10.2. The minimum absolute atomic E-state index is 0.132. The van der Waals surface area contributed by atoms with E-state index in [1.54, 1.807) is 18.2 Å². The molecular formula is C12H12N2O3. The Bertz CT molecular complexity index is 517. The van der Waals surface area contributed by atoms with Crippen LogP contribution >= 0.6 is 0 Å². The average Bonchev–Trinajstić information content (AvgIpc) is 2.73. The highest BCUT2D eigenvalue weighted by molar-refractivity contribution is 5.94. The first-order chi connectivity index (χ1) is 8.15. The van der Waals surface area contributed by atoms with E-state index in [0.717, 1.165) is 5.69 Å². The molecule has 0 radical (unpaired) electrons. The van der Waals surface area contributed by atoms with Crippen LogP contribution in [-0.2, 0) is 6.54 Å². The van der Waals surface area contributed by atoms with Crippen LogP contribution in [0.25, 0.3) is 0 Å². The highest BCUT2D eigenvalue weighted by atomic mass is 16.5. The second-order valence-corrected chi connectivity index (χ2v) is 3.66. The summed E-state index contributed by atoms with van der Waals surface area (Å²) in [7, 11) is 0. The Hall–Kier alpha value is -2.30. The number of nitrogens with zero attached hydrogens (tertiary/aromatic N) is 1. The lowest BCUT2D eigenvalue weighted by Crippen LogP contribution is -2.22. The maximum atomic E-state index is 11.7. The van der Waals surface area contributed by atoms with Gasteiger partial charge >= 0.3 is 0 Å². The number of benzene rings is 1. The summed E-state index contributed by atoms with van der Waals surface area (Å²) in [4.78, 5) is 11.7. The molecule has 0 bridgehead atoms. The van der Waals surface area contributed by atoms with E-state index >= 15 is 0 Å². The first kappa shape index (κ1) is 11.2. The summed E-state index contributed by atoms with van der Waals surface area (Å²) in [6.45, 7) is 2.11. The molecule has 1 heterocycles. The number of amides is 1. The molecule has 1 amide bonds. The van der Waals surface area contributed by atoms with E-state index in [1.165, 1.54) is 12.1 Å². The van der Waals surface area contributed by atoms with Crippen LogP contribution in [0.1, 0.15) is 21.8 Å². The molecule has 17 heavy (non-hydrogen) atoms. The van der Waals surface area contributed by atoms with Gasteiger partial charge in [0.25, 0.3) is 5.91 Å². The molecule has 0 fully saturated rings. The minimum atomic E-state index is -0.223. The van der Waals surface area contributed by atoms with Gasteiger partial charge in [-0.1, -0.05) is 5.16 Å². The molecule has 0 aliphatic rings. The number of aryl methyl sites for hydroxylation is 1. The molecule has 0 saturated carbocycles. The molecule has 2 aromatic rings. The van der Waals surface area contributed by atoms with Crippen LogP contribution in [0.15, 0.2) is 34.9 Å². The standard InChI is InChI=1S/C12H12N2O3/c1-8-6-11(17-14-8)7-13-12(16)9-2-4-10(15)5-3-9/h2-6,15H,7H2,1H3,(H,13,16). The normalized spacial score (nSPS) is 10.2. The number of phenols is 1. The maximum Gasteiger partial charge on any atom is 0.251 e.